The summed E-state index contributed by atoms with van der Waals surface area (Å²) in [5, 5.41) is 1.88. The molecule has 1 fully saturated rings. The number of rotatable bonds is 1. The predicted octanol–water partition coefficient (Wildman–Crippen LogP) is 3.57. The Kier molecular flexibility index (Phi) is 3.01. The molecule has 2 aromatic rings. The molecule has 2 aliphatic rings. The van der Waals surface area contributed by atoms with Crippen molar-refractivity contribution in [1.82, 2.24) is 0 Å². The second-order valence-electron chi connectivity index (χ2n) is 5.73. The highest BCUT2D eigenvalue weighted by atomic mass is 19.1. The van der Waals surface area contributed by atoms with Gasteiger partial charge >= 0.3 is 0 Å². The molecular formula is C18H16FNO2. The molecule has 0 aromatic heterocycles. The van der Waals surface area contributed by atoms with Gasteiger partial charge in [-0.2, -0.15) is 0 Å². The molecule has 3 nitrogen and oxygen atoms in total. The number of benzene rings is 2. The van der Waals surface area contributed by atoms with E-state index >= 15 is 0 Å². The summed E-state index contributed by atoms with van der Waals surface area (Å²) < 4.78 is 19.5. The van der Waals surface area contributed by atoms with Crippen LogP contribution in [0.4, 0.5) is 10.1 Å². The van der Waals surface area contributed by atoms with Crippen molar-refractivity contribution in [2.45, 2.75) is 6.92 Å². The summed E-state index contributed by atoms with van der Waals surface area (Å²) >= 11 is 0. The number of hydrogen-bond acceptors (Lipinski definition) is 3. The molecule has 0 spiro atoms. The molecule has 0 amide bonds. The van der Waals surface area contributed by atoms with Gasteiger partial charge in [0.15, 0.2) is 5.83 Å². The number of Topliss-reactive ketones (excluding diaryl/α,β-unsaturated/α-hetero) is 1. The van der Waals surface area contributed by atoms with E-state index in [-0.39, 0.29) is 0 Å². The third-order valence-electron chi connectivity index (χ3n) is 4.55. The van der Waals surface area contributed by atoms with Gasteiger partial charge in [-0.15, -0.1) is 0 Å². The maximum absolute atomic E-state index is 14.1. The summed E-state index contributed by atoms with van der Waals surface area (Å²) in [6.07, 6.45) is 0. The van der Waals surface area contributed by atoms with Crippen LogP contribution in [-0.2, 0) is 4.74 Å². The second kappa shape index (κ2) is 4.92. The van der Waals surface area contributed by atoms with E-state index < -0.39 is 11.6 Å². The molecule has 0 radical (unpaired) electrons. The van der Waals surface area contributed by atoms with Crippen molar-refractivity contribution in [3.8, 4) is 0 Å². The largest absolute Gasteiger partial charge is 0.378 e. The third-order valence-corrected chi connectivity index (χ3v) is 4.55. The lowest BCUT2D eigenvalue weighted by molar-refractivity contribution is 0.101. The Hall–Kier alpha value is -2.20. The normalized spacial score (nSPS) is 18.3. The molecule has 1 heterocycles. The summed E-state index contributed by atoms with van der Waals surface area (Å²) in [6.45, 7) is 4.74. The molecular weight excluding hydrogens is 281 g/mol. The van der Waals surface area contributed by atoms with Gasteiger partial charge in [0, 0.05) is 35.1 Å². The van der Waals surface area contributed by atoms with Crippen molar-refractivity contribution in [3.63, 3.8) is 0 Å². The van der Waals surface area contributed by atoms with Crippen molar-refractivity contribution in [2.24, 2.45) is 0 Å². The van der Waals surface area contributed by atoms with Crippen LogP contribution in [0.5, 0.6) is 0 Å². The van der Waals surface area contributed by atoms with Gasteiger partial charge in [0.1, 0.15) is 0 Å². The van der Waals surface area contributed by atoms with E-state index in [1.165, 1.54) is 0 Å². The highest BCUT2D eigenvalue weighted by Gasteiger charge is 2.27. The molecule has 1 aliphatic carbocycles. The fourth-order valence-electron chi connectivity index (χ4n) is 3.38. The van der Waals surface area contributed by atoms with Crippen LogP contribution < -0.4 is 4.90 Å². The quantitative estimate of drug-likeness (QED) is 0.806. The van der Waals surface area contributed by atoms with Crippen LogP contribution in [0.3, 0.4) is 0 Å². The number of anilines is 1. The first-order valence-electron chi connectivity index (χ1n) is 7.48. The van der Waals surface area contributed by atoms with Gasteiger partial charge in [-0.25, -0.2) is 4.39 Å². The molecule has 0 saturated carbocycles. The van der Waals surface area contributed by atoms with Crippen LogP contribution in [0, 0.1) is 0 Å². The minimum Gasteiger partial charge on any atom is -0.378 e. The van der Waals surface area contributed by atoms with Gasteiger partial charge < -0.3 is 9.64 Å². The Bertz CT molecular complexity index is 819. The van der Waals surface area contributed by atoms with Crippen LogP contribution >= 0.6 is 0 Å². The van der Waals surface area contributed by atoms with E-state index in [1.54, 1.807) is 13.0 Å². The SMILES string of the molecule is CC1=C(F)C(=O)c2cccc3c(N4CCOCC4)ccc1c23. The molecule has 0 N–H and O–H groups in total. The number of carbonyl (C=O) groups is 1. The van der Waals surface area contributed by atoms with Gasteiger partial charge in [-0.05, 0) is 24.1 Å². The highest BCUT2D eigenvalue weighted by molar-refractivity contribution is 6.24. The van der Waals surface area contributed by atoms with Gasteiger partial charge in [0.2, 0.25) is 5.78 Å². The van der Waals surface area contributed by atoms with Crippen molar-refractivity contribution < 1.29 is 13.9 Å². The molecule has 0 bridgehead atoms. The lowest BCUT2D eigenvalue weighted by Crippen LogP contribution is -2.36. The van der Waals surface area contributed by atoms with Gasteiger partial charge in [-0.3, -0.25) is 4.79 Å². The Labute approximate surface area is 128 Å². The molecule has 4 heteroatoms. The molecule has 112 valence electrons. The second-order valence-corrected chi connectivity index (χ2v) is 5.73. The molecule has 0 atom stereocenters. The number of ether oxygens (including phenoxy) is 1. The maximum atomic E-state index is 14.1. The zero-order valence-corrected chi connectivity index (χ0v) is 12.4. The Balaban J connectivity index is 2.00. The van der Waals surface area contributed by atoms with Gasteiger partial charge in [-0.1, -0.05) is 24.3 Å². The number of halogens is 1. The predicted molar refractivity (Wildman–Crippen MR) is 85.0 cm³/mol. The van der Waals surface area contributed by atoms with Crippen LogP contribution in [0.1, 0.15) is 22.8 Å². The van der Waals surface area contributed by atoms with E-state index in [9.17, 15) is 9.18 Å². The summed E-state index contributed by atoms with van der Waals surface area (Å²) in [5.74, 6) is -1.14. The molecule has 2 aromatic carbocycles. The summed E-state index contributed by atoms with van der Waals surface area (Å²) in [4.78, 5) is 14.5. The number of ketones is 1. The van der Waals surface area contributed by atoms with Crippen LogP contribution in [0.15, 0.2) is 36.2 Å². The number of allylic oxidation sites excluding steroid dienone is 2. The zero-order chi connectivity index (χ0) is 15.3. The minimum absolute atomic E-state index is 0.433. The lowest BCUT2D eigenvalue weighted by Gasteiger charge is -2.31. The average molecular weight is 297 g/mol. The van der Waals surface area contributed by atoms with Crippen LogP contribution in [0.25, 0.3) is 16.3 Å². The Morgan fingerprint density at radius 1 is 1.09 bits per heavy atom. The van der Waals surface area contributed by atoms with Crippen molar-refractivity contribution >= 4 is 27.8 Å². The summed E-state index contributed by atoms with van der Waals surface area (Å²) in [5.41, 5.74) is 2.81. The van der Waals surface area contributed by atoms with Crippen LogP contribution in [0.2, 0.25) is 0 Å². The van der Waals surface area contributed by atoms with Crippen molar-refractivity contribution in [2.75, 3.05) is 31.2 Å². The lowest BCUT2D eigenvalue weighted by atomic mass is 9.86. The van der Waals surface area contributed by atoms with E-state index in [1.807, 2.05) is 24.3 Å². The number of hydrogen-bond donors (Lipinski definition) is 0. The maximum Gasteiger partial charge on any atom is 0.222 e. The van der Waals surface area contributed by atoms with Crippen molar-refractivity contribution in [3.05, 3.63) is 47.3 Å². The molecule has 0 unspecified atom stereocenters. The summed E-state index contributed by atoms with van der Waals surface area (Å²) in [6, 6.07) is 9.51. The van der Waals surface area contributed by atoms with E-state index in [4.69, 9.17) is 4.74 Å². The standard InChI is InChI=1S/C18H16FNO2/c1-11-12-5-6-15(20-7-9-22-10-8-20)13-3-2-4-14(16(12)13)18(21)17(11)19/h2-6H,7-10H2,1H3. The van der Waals surface area contributed by atoms with Crippen molar-refractivity contribution in [1.29, 1.82) is 0 Å². The minimum atomic E-state index is -0.640. The fourth-order valence-corrected chi connectivity index (χ4v) is 3.38. The van der Waals surface area contributed by atoms with E-state index in [0.717, 1.165) is 35.1 Å². The number of morpholine rings is 1. The molecule has 22 heavy (non-hydrogen) atoms. The van der Waals surface area contributed by atoms with Crippen LogP contribution in [-0.4, -0.2) is 32.1 Å². The first-order valence-corrected chi connectivity index (χ1v) is 7.48. The molecule has 1 saturated heterocycles. The Morgan fingerprint density at radius 3 is 2.64 bits per heavy atom. The third kappa shape index (κ3) is 1.80. The molecule has 1 aliphatic heterocycles. The number of nitrogens with zero attached hydrogens (tertiary/aromatic N) is 1. The zero-order valence-electron chi connectivity index (χ0n) is 12.4. The van der Waals surface area contributed by atoms with Gasteiger partial charge in [0.05, 0.1) is 13.2 Å². The average Bonchev–Trinajstić information content (AvgIpc) is 2.58. The summed E-state index contributed by atoms with van der Waals surface area (Å²) in [7, 11) is 0. The monoisotopic (exact) mass is 297 g/mol. The first kappa shape index (κ1) is 13.5. The van der Waals surface area contributed by atoms with Gasteiger partial charge in [0.25, 0.3) is 0 Å². The first-order chi connectivity index (χ1) is 10.7. The fraction of sp³-hybridized carbons (Fsp3) is 0.278. The topological polar surface area (TPSA) is 29.5 Å². The van der Waals surface area contributed by atoms with E-state index in [2.05, 4.69) is 4.90 Å². The molecule has 4 rings (SSSR count). The van der Waals surface area contributed by atoms with E-state index in [0.29, 0.717) is 24.4 Å². The Morgan fingerprint density at radius 2 is 1.86 bits per heavy atom. The highest BCUT2D eigenvalue weighted by Crippen LogP contribution is 2.40. The smallest absolute Gasteiger partial charge is 0.222 e. The number of carbonyl (C=O) groups excluding carboxylic acids is 1.